The van der Waals surface area contributed by atoms with E-state index in [1.165, 1.54) is 12.1 Å². The summed E-state index contributed by atoms with van der Waals surface area (Å²) in [5.41, 5.74) is 1.87. The number of hydrogen-bond donors (Lipinski definition) is 1. The van der Waals surface area contributed by atoms with Crippen molar-refractivity contribution >= 4 is 29.0 Å². The molecule has 1 aromatic heterocycles. The number of rotatable bonds is 7. The average molecular weight is 414 g/mol. The SMILES string of the molecule is CN(CCO)c1ccc(CN(C(=O)c2ccc(Cl)cc2)c2ccc(F)cc2)cn1. The van der Waals surface area contributed by atoms with Gasteiger partial charge >= 0.3 is 0 Å². The second-order valence-corrected chi connectivity index (χ2v) is 6.98. The molecule has 0 fully saturated rings. The first-order valence-corrected chi connectivity index (χ1v) is 9.45. The largest absolute Gasteiger partial charge is 0.395 e. The minimum Gasteiger partial charge on any atom is -0.395 e. The lowest BCUT2D eigenvalue weighted by atomic mass is 10.1. The number of aromatic nitrogens is 1. The first-order valence-electron chi connectivity index (χ1n) is 9.08. The van der Waals surface area contributed by atoms with E-state index in [4.69, 9.17) is 16.7 Å². The van der Waals surface area contributed by atoms with Gasteiger partial charge in [0.2, 0.25) is 0 Å². The molecule has 0 saturated carbocycles. The normalized spacial score (nSPS) is 10.6. The Labute approximate surface area is 174 Å². The Morgan fingerprint density at radius 3 is 2.34 bits per heavy atom. The van der Waals surface area contributed by atoms with Gasteiger partial charge in [0.15, 0.2) is 0 Å². The summed E-state index contributed by atoms with van der Waals surface area (Å²) < 4.78 is 13.4. The van der Waals surface area contributed by atoms with E-state index in [0.717, 1.165) is 11.4 Å². The molecule has 150 valence electrons. The van der Waals surface area contributed by atoms with Crippen LogP contribution in [0, 0.1) is 5.82 Å². The Morgan fingerprint density at radius 2 is 1.76 bits per heavy atom. The van der Waals surface area contributed by atoms with E-state index in [9.17, 15) is 9.18 Å². The number of benzene rings is 2. The molecule has 0 atom stereocenters. The smallest absolute Gasteiger partial charge is 0.258 e. The van der Waals surface area contributed by atoms with Gasteiger partial charge in [0.1, 0.15) is 11.6 Å². The summed E-state index contributed by atoms with van der Waals surface area (Å²) in [6.45, 7) is 0.779. The molecule has 3 rings (SSSR count). The molecule has 2 aromatic carbocycles. The highest BCUT2D eigenvalue weighted by Gasteiger charge is 2.19. The van der Waals surface area contributed by atoms with Crippen LogP contribution in [0.25, 0.3) is 0 Å². The molecule has 0 bridgehead atoms. The second-order valence-electron chi connectivity index (χ2n) is 6.54. The summed E-state index contributed by atoms with van der Waals surface area (Å²) in [6.07, 6.45) is 1.69. The fourth-order valence-corrected chi connectivity index (χ4v) is 2.96. The Morgan fingerprint density at radius 1 is 1.07 bits per heavy atom. The molecule has 0 spiro atoms. The molecule has 1 N–H and O–H groups in total. The van der Waals surface area contributed by atoms with Gasteiger partial charge in [0, 0.05) is 36.1 Å². The van der Waals surface area contributed by atoms with Crippen LogP contribution in [0.3, 0.4) is 0 Å². The third-order valence-corrected chi connectivity index (χ3v) is 4.70. The molecule has 1 heterocycles. The molecule has 0 aliphatic rings. The molecule has 3 aromatic rings. The number of likely N-dealkylation sites (N-methyl/N-ethyl adjacent to an activating group) is 1. The topological polar surface area (TPSA) is 56.7 Å². The van der Waals surface area contributed by atoms with Gasteiger partial charge in [-0.3, -0.25) is 4.79 Å². The fraction of sp³-hybridized carbons (Fsp3) is 0.182. The van der Waals surface area contributed by atoms with Crippen LogP contribution in [0.5, 0.6) is 0 Å². The summed E-state index contributed by atoms with van der Waals surface area (Å²) in [4.78, 5) is 20.9. The van der Waals surface area contributed by atoms with Crippen LogP contribution in [0.1, 0.15) is 15.9 Å². The Balaban J connectivity index is 1.88. The standard InChI is InChI=1S/C22H21ClFN3O2/c1-26(12-13-28)21-11-2-16(14-25-21)15-27(20-9-7-19(24)8-10-20)22(29)17-3-5-18(23)6-4-17/h2-11,14,28H,12-13,15H2,1H3. The quantitative estimate of drug-likeness (QED) is 0.632. The Hall–Kier alpha value is -2.96. The van der Waals surface area contributed by atoms with E-state index in [-0.39, 0.29) is 24.9 Å². The molecule has 0 saturated heterocycles. The summed E-state index contributed by atoms with van der Waals surface area (Å²) in [5, 5.41) is 9.60. The van der Waals surface area contributed by atoms with E-state index in [0.29, 0.717) is 22.8 Å². The maximum atomic E-state index is 13.4. The molecular formula is C22H21ClFN3O2. The number of amides is 1. The number of aliphatic hydroxyl groups is 1. The zero-order valence-electron chi connectivity index (χ0n) is 15.9. The number of hydrogen-bond acceptors (Lipinski definition) is 4. The van der Waals surface area contributed by atoms with Crippen molar-refractivity contribution in [1.82, 2.24) is 4.98 Å². The highest BCUT2D eigenvalue weighted by molar-refractivity contribution is 6.30. The molecule has 0 radical (unpaired) electrons. The fourth-order valence-electron chi connectivity index (χ4n) is 2.83. The van der Waals surface area contributed by atoms with Gasteiger partial charge in [-0.25, -0.2) is 9.37 Å². The van der Waals surface area contributed by atoms with E-state index in [2.05, 4.69) is 4.98 Å². The highest BCUT2D eigenvalue weighted by Crippen LogP contribution is 2.22. The van der Waals surface area contributed by atoms with Crippen LogP contribution in [0.4, 0.5) is 15.9 Å². The van der Waals surface area contributed by atoms with E-state index < -0.39 is 0 Å². The number of pyridine rings is 1. The van der Waals surface area contributed by atoms with Crippen LogP contribution in [-0.2, 0) is 6.54 Å². The van der Waals surface area contributed by atoms with Crippen molar-refractivity contribution in [3.63, 3.8) is 0 Å². The zero-order chi connectivity index (χ0) is 20.8. The number of anilines is 2. The number of halogens is 2. The van der Waals surface area contributed by atoms with E-state index in [1.807, 2.05) is 24.1 Å². The van der Waals surface area contributed by atoms with Crippen molar-refractivity contribution in [1.29, 1.82) is 0 Å². The van der Waals surface area contributed by atoms with Crippen LogP contribution in [0.2, 0.25) is 5.02 Å². The van der Waals surface area contributed by atoms with Crippen molar-refractivity contribution in [2.24, 2.45) is 0 Å². The molecule has 0 aliphatic heterocycles. The maximum absolute atomic E-state index is 13.4. The number of carbonyl (C=O) groups excluding carboxylic acids is 1. The molecule has 1 amide bonds. The van der Waals surface area contributed by atoms with E-state index in [1.54, 1.807) is 47.5 Å². The lowest BCUT2D eigenvalue weighted by Crippen LogP contribution is -2.30. The number of aliphatic hydroxyl groups excluding tert-OH is 1. The van der Waals surface area contributed by atoms with Gasteiger partial charge in [0.25, 0.3) is 5.91 Å². The van der Waals surface area contributed by atoms with Gasteiger partial charge in [-0.1, -0.05) is 17.7 Å². The van der Waals surface area contributed by atoms with Crippen LogP contribution < -0.4 is 9.80 Å². The zero-order valence-corrected chi connectivity index (χ0v) is 16.7. The third-order valence-electron chi connectivity index (χ3n) is 4.45. The molecule has 0 aliphatic carbocycles. The first-order chi connectivity index (χ1) is 14.0. The minimum absolute atomic E-state index is 0.0356. The third kappa shape index (κ3) is 5.31. The number of nitrogens with zero attached hydrogens (tertiary/aromatic N) is 3. The van der Waals surface area contributed by atoms with Crippen molar-refractivity contribution in [3.05, 3.63) is 88.8 Å². The van der Waals surface area contributed by atoms with Crippen LogP contribution >= 0.6 is 11.6 Å². The van der Waals surface area contributed by atoms with Gasteiger partial charge in [-0.2, -0.15) is 0 Å². The predicted molar refractivity (Wildman–Crippen MR) is 113 cm³/mol. The van der Waals surface area contributed by atoms with Gasteiger partial charge < -0.3 is 14.9 Å². The van der Waals surface area contributed by atoms with Crippen molar-refractivity contribution in [2.45, 2.75) is 6.54 Å². The molecule has 5 nitrogen and oxygen atoms in total. The first kappa shape index (κ1) is 20.8. The van der Waals surface area contributed by atoms with Gasteiger partial charge in [-0.05, 0) is 60.2 Å². The van der Waals surface area contributed by atoms with Gasteiger partial charge in [0.05, 0.1) is 13.2 Å². The van der Waals surface area contributed by atoms with Crippen molar-refractivity contribution in [2.75, 3.05) is 30.0 Å². The predicted octanol–water partition coefficient (Wildman–Crippen LogP) is 4.15. The summed E-state index contributed by atoms with van der Waals surface area (Å²) in [7, 11) is 1.84. The lowest BCUT2D eigenvalue weighted by molar-refractivity contribution is 0.0985. The monoisotopic (exact) mass is 413 g/mol. The van der Waals surface area contributed by atoms with Gasteiger partial charge in [-0.15, -0.1) is 0 Å². The summed E-state index contributed by atoms with van der Waals surface area (Å²) in [5.74, 6) is 0.125. The van der Waals surface area contributed by atoms with Crippen molar-refractivity contribution < 1.29 is 14.3 Å². The highest BCUT2D eigenvalue weighted by atomic mass is 35.5. The summed E-state index contributed by atoms with van der Waals surface area (Å²) in [6, 6.07) is 16.1. The maximum Gasteiger partial charge on any atom is 0.258 e. The lowest BCUT2D eigenvalue weighted by Gasteiger charge is -2.24. The Bertz CT molecular complexity index is 947. The van der Waals surface area contributed by atoms with Crippen LogP contribution in [-0.4, -0.2) is 36.2 Å². The second kappa shape index (κ2) is 9.49. The summed E-state index contributed by atoms with van der Waals surface area (Å²) >= 11 is 5.93. The molecule has 0 unspecified atom stereocenters. The Kier molecular flexibility index (Phi) is 6.80. The molecule has 7 heteroatoms. The number of carbonyl (C=O) groups is 1. The average Bonchev–Trinajstić information content (AvgIpc) is 2.73. The molecular weight excluding hydrogens is 393 g/mol. The van der Waals surface area contributed by atoms with Crippen molar-refractivity contribution in [3.8, 4) is 0 Å². The van der Waals surface area contributed by atoms with E-state index >= 15 is 0 Å². The van der Waals surface area contributed by atoms with Crippen LogP contribution in [0.15, 0.2) is 66.9 Å². The molecule has 29 heavy (non-hydrogen) atoms. The minimum atomic E-state index is -0.370.